The number of nitrogens with two attached hydrogens (primary N) is 1. The second kappa shape index (κ2) is 43.0. The van der Waals surface area contributed by atoms with E-state index < -0.39 is 35.1 Å². The summed E-state index contributed by atoms with van der Waals surface area (Å²) in [5.41, 5.74) is 16.7. The van der Waals surface area contributed by atoms with E-state index in [-0.39, 0.29) is 63.3 Å². The van der Waals surface area contributed by atoms with Crippen molar-refractivity contribution >= 4 is 104 Å². The number of carbonyl (C=O) groups excluding carboxylic acids is 4. The van der Waals surface area contributed by atoms with Gasteiger partial charge in [0.2, 0.25) is 0 Å². The van der Waals surface area contributed by atoms with E-state index >= 15 is 0 Å². The van der Waals surface area contributed by atoms with Gasteiger partial charge in [-0.1, -0.05) is 34.8 Å². The summed E-state index contributed by atoms with van der Waals surface area (Å²) in [4.78, 5) is 79.6. The van der Waals surface area contributed by atoms with Crippen LogP contribution < -0.4 is 32.3 Å². The summed E-state index contributed by atoms with van der Waals surface area (Å²) in [6.45, 7) is 23.3. The highest BCUT2D eigenvalue weighted by atomic mass is 35.5. The first-order valence-electron chi connectivity index (χ1n) is 39.0. The molecule has 636 valence electrons. The van der Waals surface area contributed by atoms with Gasteiger partial charge in [-0.05, 0) is 231 Å². The summed E-state index contributed by atoms with van der Waals surface area (Å²) in [7, 11) is 3.94. The van der Waals surface area contributed by atoms with E-state index in [1.165, 1.54) is 70.8 Å². The average Bonchev–Trinajstić information content (AvgIpc) is 1.58. The lowest BCUT2D eigenvalue weighted by molar-refractivity contribution is -0.00275. The number of nitriles is 3. The van der Waals surface area contributed by atoms with E-state index in [1.807, 2.05) is 126 Å². The van der Waals surface area contributed by atoms with E-state index in [0.717, 1.165) is 85.0 Å². The van der Waals surface area contributed by atoms with Crippen molar-refractivity contribution in [2.24, 2.45) is 17.6 Å². The molecular weight excluding hydrogens is 1610 g/mol. The molecule has 10 N–H and O–H groups in total. The molecule has 34 heteroatoms. The molecule has 11 heterocycles. The van der Waals surface area contributed by atoms with Gasteiger partial charge in [0.05, 0.1) is 157 Å². The molecule has 11 aromatic rings. The third kappa shape index (κ3) is 26.0. The molecule has 0 saturated heterocycles. The van der Waals surface area contributed by atoms with Crippen LogP contribution in [-0.2, 0) is 14.2 Å². The molecule has 121 heavy (non-hydrogen) atoms. The topological polar surface area (TPSA) is 448 Å². The number of aromatic nitrogens is 11. The lowest BCUT2D eigenvalue weighted by atomic mass is 9.77. The number of anilines is 4. The van der Waals surface area contributed by atoms with Crippen molar-refractivity contribution in [2.45, 2.75) is 182 Å². The van der Waals surface area contributed by atoms with Crippen LogP contribution in [0.5, 0.6) is 0 Å². The number of pyridine rings is 5. The summed E-state index contributed by atoms with van der Waals surface area (Å²) in [5.74, 6) is -1.86. The van der Waals surface area contributed by atoms with Gasteiger partial charge in [-0.2, -0.15) is 31.1 Å². The van der Waals surface area contributed by atoms with Gasteiger partial charge in [0.25, 0.3) is 5.91 Å². The Labute approximate surface area is 717 Å². The number of carboxylic acids is 1. The van der Waals surface area contributed by atoms with Gasteiger partial charge in [0.15, 0.2) is 0 Å². The molecule has 11 aromatic heterocycles. The SMILES string of the molecule is CC(C)(O)C1CCC(N)CC1.CC(C)Nc1cc(-c2ccc3cc(C#N)cnn23)ncc1C(=O)NC1CCC(C(C)(C)O)CC1.CC(C)Nc1cc(-c2ccc3cc(C#N)cnn23)ncc1C(=O)O.COC(=O)c1cnc(-c2ccc3cc(C#N)cnn23)cc1NC(C)C.COC(=O)c1cnc(Cl)cc1Cl.COC(=O)c1cnc(Cl)cc1NC(C)C. The highest BCUT2D eigenvalue weighted by Crippen LogP contribution is 2.36. The molecule has 2 saturated carbocycles. The smallest absolute Gasteiger partial charge is 0.341 e. The van der Waals surface area contributed by atoms with Gasteiger partial charge in [-0.25, -0.2) is 42.7 Å². The highest BCUT2D eigenvalue weighted by Gasteiger charge is 2.33. The predicted octanol–water partition coefficient (Wildman–Crippen LogP) is 15.6. The van der Waals surface area contributed by atoms with Crippen molar-refractivity contribution < 1.29 is 53.5 Å². The Morgan fingerprint density at radius 2 is 0.760 bits per heavy atom. The van der Waals surface area contributed by atoms with Crippen molar-refractivity contribution in [2.75, 3.05) is 42.6 Å². The largest absolute Gasteiger partial charge is 0.478 e. The molecule has 2 aliphatic rings. The Morgan fingerprint density at radius 1 is 0.446 bits per heavy atom. The Morgan fingerprint density at radius 3 is 1.11 bits per heavy atom. The average molecular weight is 1710 g/mol. The van der Waals surface area contributed by atoms with Crippen LogP contribution in [0.3, 0.4) is 0 Å². The second-order valence-corrected chi connectivity index (χ2v) is 32.2. The number of nitrogens with zero attached hydrogens (tertiary/aromatic N) is 14. The summed E-state index contributed by atoms with van der Waals surface area (Å²) in [6, 6.07) is 32.1. The number of carbonyl (C=O) groups is 5. The van der Waals surface area contributed by atoms with Crippen LogP contribution in [-0.4, -0.2) is 168 Å². The third-order valence-corrected chi connectivity index (χ3v) is 20.1. The Bertz CT molecular complexity index is 5600. The first-order valence-corrected chi connectivity index (χ1v) is 40.2. The summed E-state index contributed by atoms with van der Waals surface area (Å²) >= 11 is 16.9. The Hall–Kier alpha value is -12.4. The summed E-state index contributed by atoms with van der Waals surface area (Å²) < 4.78 is 19.0. The number of nitrogens with one attached hydrogen (secondary N) is 5. The normalized spacial score (nSPS) is 14.9. The predicted molar refractivity (Wildman–Crippen MR) is 465 cm³/mol. The number of hydrogen-bond donors (Lipinski definition) is 9. The molecule has 0 bridgehead atoms. The fraction of sp³-hybridized carbons (Fsp3) is 0.379. The number of carboxylic acid groups (broad SMARTS) is 1. The fourth-order valence-electron chi connectivity index (χ4n) is 13.3. The molecule has 13 rings (SSSR count). The van der Waals surface area contributed by atoms with Crippen LogP contribution in [0, 0.1) is 45.8 Å². The van der Waals surface area contributed by atoms with E-state index in [0.29, 0.717) is 90.3 Å². The number of amides is 1. The lowest BCUT2D eigenvalue weighted by Gasteiger charge is -2.36. The number of methoxy groups -OCH3 is 3. The zero-order valence-electron chi connectivity index (χ0n) is 70.1. The number of rotatable bonds is 19. The molecular formula is C87H101Cl3N20O11. The first kappa shape index (κ1) is 94.1. The number of halogens is 3. The maximum atomic E-state index is 13.2. The van der Waals surface area contributed by atoms with E-state index in [4.69, 9.17) is 61.1 Å². The van der Waals surface area contributed by atoms with Crippen molar-refractivity contribution in [1.29, 1.82) is 15.8 Å². The molecule has 0 aliphatic heterocycles. The van der Waals surface area contributed by atoms with Gasteiger partial charge in [-0.15, -0.1) is 0 Å². The molecule has 0 spiro atoms. The van der Waals surface area contributed by atoms with E-state index in [1.54, 1.807) is 56.1 Å². The number of hydrogen-bond acceptors (Lipinski definition) is 26. The first-order chi connectivity index (χ1) is 57.4. The van der Waals surface area contributed by atoms with Gasteiger partial charge in [0.1, 0.15) is 45.2 Å². The van der Waals surface area contributed by atoms with Gasteiger partial charge >= 0.3 is 23.9 Å². The van der Waals surface area contributed by atoms with Crippen LogP contribution in [0.15, 0.2) is 135 Å². The maximum Gasteiger partial charge on any atom is 0.341 e. The number of fused-ring (bicyclic) bond motifs is 3. The van der Waals surface area contributed by atoms with E-state index in [9.17, 15) is 39.3 Å². The molecule has 0 unspecified atom stereocenters. The molecule has 0 atom stereocenters. The van der Waals surface area contributed by atoms with Gasteiger partial charge in [0, 0.05) is 67.2 Å². The fourth-order valence-corrected chi connectivity index (χ4v) is 13.9. The third-order valence-electron chi connectivity index (χ3n) is 19.4. The summed E-state index contributed by atoms with van der Waals surface area (Å²) in [6.07, 6.45) is 19.5. The zero-order valence-corrected chi connectivity index (χ0v) is 72.3. The Balaban J connectivity index is 0.000000189. The number of ether oxygens (including phenoxy) is 3. The number of aliphatic hydroxyl groups is 2. The standard InChI is InChI=1S/C26H32N6O2.C18H17N5O2.C17H15N5O2.C10H13ClN2O2.C9H19NO.C7H5Cl2NO2/c1-16(2)30-22-12-23(24-10-9-20-11-17(13-27)14-29-32(20)24)28-15-21(22)25(33)31-19-7-5-18(6-8-19)26(3,4)34;1-11(2)22-15-7-16(20-10-14(15)18(24)25-3)17-5-4-13-6-12(8-19)9-21-23(13)17;1-10(2)21-14-6-15(19-9-13(14)17(23)24)16-4-3-12-5-11(7-18)8-20-22(12)16;1-6(2)13-8-4-9(11)12-5-7(8)10(14)15-3;1-9(2,11)7-3-5-8(10)6-4-7;1-12-7(11)4-3-10-6(9)2-5(4)8/h9-12,14-16,18-19,34H,5-8H2,1-4H3,(H,28,30)(H,31,33);4-7,9-11H,1-3H3,(H,20,22);3-6,8-10H,1-2H3,(H,19,21)(H,23,24);4-6H,1-3H3,(H,12,13);7-8,11H,3-6,10H2,1-2H3;2-3H,1H3. The number of aromatic carboxylic acids is 1. The zero-order chi connectivity index (χ0) is 88.7. The number of esters is 3. The molecule has 2 fully saturated rings. The molecule has 0 radical (unpaired) electrons. The van der Waals surface area contributed by atoms with Crippen LogP contribution >= 0.6 is 34.8 Å². The van der Waals surface area contributed by atoms with Gasteiger partial charge in [-0.3, -0.25) is 19.7 Å². The summed E-state index contributed by atoms with van der Waals surface area (Å²) in [5, 5.41) is 86.1. The molecule has 1 amide bonds. The minimum absolute atomic E-state index is 0.0821. The molecule has 0 aromatic carbocycles. The molecule has 2 aliphatic carbocycles. The van der Waals surface area contributed by atoms with Crippen LogP contribution in [0.4, 0.5) is 22.7 Å². The van der Waals surface area contributed by atoms with Crippen molar-refractivity contribution in [3.8, 4) is 52.4 Å². The van der Waals surface area contributed by atoms with Crippen molar-refractivity contribution in [3.63, 3.8) is 0 Å². The monoisotopic (exact) mass is 1710 g/mol. The minimum Gasteiger partial charge on any atom is -0.478 e. The van der Waals surface area contributed by atoms with Crippen LogP contribution in [0.1, 0.15) is 203 Å². The minimum atomic E-state index is -1.03. The quantitative estimate of drug-likeness (QED) is 0.0206. The van der Waals surface area contributed by atoms with Crippen LogP contribution in [0.2, 0.25) is 15.3 Å². The maximum absolute atomic E-state index is 13.2. The van der Waals surface area contributed by atoms with Gasteiger partial charge < -0.3 is 61.8 Å². The van der Waals surface area contributed by atoms with Crippen molar-refractivity contribution in [1.82, 2.24) is 59.1 Å². The second-order valence-electron chi connectivity index (χ2n) is 31.0. The lowest BCUT2D eigenvalue weighted by Crippen LogP contribution is -2.42. The molecule has 31 nitrogen and oxygen atoms in total. The van der Waals surface area contributed by atoms with E-state index in [2.05, 4.69) is 94.5 Å². The van der Waals surface area contributed by atoms with Crippen LogP contribution in [0.25, 0.3) is 50.7 Å². The Kier molecular flexibility index (Phi) is 33.4. The highest BCUT2D eigenvalue weighted by molar-refractivity contribution is 6.36. The van der Waals surface area contributed by atoms with Crippen molar-refractivity contribution in [3.05, 3.63) is 194 Å².